The fraction of sp³-hybridized carbons (Fsp3) is 0.652. The summed E-state index contributed by atoms with van der Waals surface area (Å²) >= 11 is 1.84. The summed E-state index contributed by atoms with van der Waals surface area (Å²) < 4.78 is 13.3. The number of hydrogen-bond donors (Lipinski definition) is 4. The number of hydrogen-bond acceptors (Lipinski definition) is 8. The van der Waals surface area contributed by atoms with Gasteiger partial charge in [-0.15, -0.1) is 11.8 Å². The lowest BCUT2D eigenvalue weighted by Gasteiger charge is -2.35. The monoisotopic (exact) mass is 465 g/mol. The van der Waals surface area contributed by atoms with Gasteiger partial charge in [-0.25, -0.2) is 15.2 Å². The summed E-state index contributed by atoms with van der Waals surface area (Å²) in [6, 6.07) is 0.210. The maximum absolute atomic E-state index is 13.3. The fourth-order valence-electron chi connectivity index (χ4n) is 3.87. The summed E-state index contributed by atoms with van der Waals surface area (Å²) in [6.45, 7) is 9.58. The maximum atomic E-state index is 13.3. The molecule has 2 aliphatic rings. The molecule has 0 aromatic rings. The van der Waals surface area contributed by atoms with Gasteiger partial charge in [0.2, 0.25) is 0 Å². The zero-order valence-corrected chi connectivity index (χ0v) is 21.1. The van der Waals surface area contributed by atoms with Crippen LogP contribution in [0.15, 0.2) is 44.9 Å². The Bertz CT molecular complexity index is 745. The zero-order chi connectivity index (χ0) is 23.5. The molecule has 0 bridgehead atoms. The second kappa shape index (κ2) is 13.9. The molecule has 4 N–H and O–H groups in total. The average Bonchev–Trinajstić information content (AvgIpc) is 3.21. The van der Waals surface area contributed by atoms with Crippen LogP contribution in [0.3, 0.4) is 0 Å². The minimum atomic E-state index is -0.861. The number of nitrogens with one attached hydrogen (secondary N) is 4. The topological polar surface area (TPSA) is 76.1 Å². The van der Waals surface area contributed by atoms with E-state index in [-0.39, 0.29) is 6.04 Å². The Hall–Kier alpha value is -1.52. The van der Waals surface area contributed by atoms with E-state index < -0.39 is 6.17 Å². The highest BCUT2D eigenvalue weighted by atomic mass is 32.2. The first kappa shape index (κ1) is 26.7. The Morgan fingerprint density at radius 2 is 2.16 bits per heavy atom. The van der Waals surface area contributed by atoms with Crippen molar-refractivity contribution in [2.75, 3.05) is 27.2 Å². The van der Waals surface area contributed by atoms with Crippen molar-refractivity contribution in [2.45, 2.75) is 64.4 Å². The Labute approximate surface area is 197 Å². The first-order valence-electron chi connectivity index (χ1n) is 11.5. The summed E-state index contributed by atoms with van der Waals surface area (Å²) in [4.78, 5) is 12.0. The second-order valence-electron chi connectivity index (χ2n) is 8.19. The van der Waals surface area contributed by atoms with Crippen LogP contribution in [0.5, 0.6) is 0 Å². The lowest BCUT2D eigenvalue weighted by molar-refractivity contribution is 0.342. The minimum Gasteiger partial charge on any atom is -0.331 e. The molecular formula is C23H40FN7S. The predicted octanol–water partition coefficient (Wildman–Crippen LogP) is 3.52. The summed E-state index contributed by atoms with van der Waals surface area (Å²) in [7, 11) is 3.60. The molecule has 0 radical (unpaired) electrons. The van der Waals surface area contributed by atoms with E-state index in [9.17, 15) is 4.39 Å². The van der Waals surface area contributed by atoms with Gasteiger partial charge in [0.1, 0.15) is 12.0 Å². The normalized spacial score (nSPS) is 22.6. The average molecular weight is 466 g/mol. The number of halogens is 1. The third kappa shape index (κ3) is 7.25. The molecule has 2 rings (SSSR count). The van der Waals surface area contributed by atoms with Gasteiger partial charge < -0.3 is 4.90 Å². The van der Waals surface area contributed by atoms with Crippen molar-refractivity contribution in [1.82, 2.24) is 26.8 Å². The largest absolute Gasteiger partial charge is 0.331 e. The number of thioether (sulfide) groups is 1. The van der Waals surface area contributed by atoms with Gasteiger partial charge in [0.25, 0.3) is 0 Å². The number of nitrogens with zero attached hydrogens (tertiary/aromatic N) is 3. The van der Waals surface area contributed by atoms with Crippen LogP contribution in [-0.4, -0.2) is 61.1 Å². The molecule has 9 heteroatoms. The predicted molar refractivity (Wildman–Crippen MR) is 136 cm³/mol. The summed E-state index contributed by atoms with van der Waals surface area (Å²) in [5.41, 5.74) is 15.3. The van der Waals surface area contributed by atoms with E-state index in [0.717, 1.165) is 36.5 Å². The van der Waals surface area contributed by atoms with Gasteiger partial charge in [0.15, 0.2) is 0 Å². The van der Waals surface area contributed by atoms with E-state index in [1.807, 2.05) is 31.0 Å². The van der Waals surface area contributed by atoms with Crippen molar-refractivity contribution in [3.05, 3.63) is 34.9 Å². The zero-order valence-electron chi connectivity index (χ0n) is 20.3. The van der Waals surface area contributed by atoms with Gasteiger partial charge in [-0.1, -0.05) is 32.4 Å². The van der Waals surface area contributed by atoms with Gasteiger partial charge in [-0.2, -0.15) is 11.1 Å². The highest BCUT2D eigenvalue weighted by Crippen LogP contribution is 2.35. The van der Waals surface area contributed by atoms with E-state index in [1.54, 1.807) is 14.0 Å². The molecule has 2 heterocycles. The first-order chi connectivity index (χ1) is 15.5. The van der Waals surface area contributed by atoms with Crippen LogP contribution >= 0.6 is 11.8 Å². The third-order valence-corrected chi connectivity index (χ3v) is 7.12. The first-order valence-corrected chi connectivity index (χ1v) is 12.4. The van der Waals surface area contributed by atoms with E-state index in [0.29, 0.717) is 24.1 Å². The van der Waals surface area contributed by atoms with Crippen LogP contribution < -0.4 is 21.9 Å². The molecule has 1 saturated heterocycles. The number of fused-ring (bicyclic) bond motifs is 1. The maximum Gasteiger partial charge on any atom is 0.117 e. The van der Waals surface area contributed by atoms with Crippen molar-refractivity contribution in [2.24, 2.45) is 15.9 Å². The van der Waals surface area contributed by atoms with E-state index in [4.69, 9.17) is 4.99 Å². The highest BCUT2D eigenvalue weighted by molar-refractivity contribution is 8.03. The fourth-order valence-corrected chi connectivity index (χ4v) is 4.98. The number of alkyl halides is 1. The smallest absolute Gasteiger partial charge is 0.117 e. The van der Waals surface area contributed by atoms with Crippen LogP contribution in [0.2, 0.25) is 0 Å². The minimum absolute atomic E-state index is 0.210. The van der Waals surface area contributed by atoms with Gasteiger partial charge in [0, 0.05) is 37.3 Å². The highest BCUT2D eigenvalue weighted by Gasteiger charge is 2.38. The van der Waals surface area contributed by atoms with E-state index >= 15 is 0 Å². The van der Waals surface area contributed by atoms with Crippen molar-refractivity contribution < 1.29 is 4.39 Å². The number of amidine groups is 1. The molecule has 0 spiro atoms. The van der Waals surface area contributed by atoms with Gasteiger partial charge in [-0.05, 0) is 44.7 Å². The second-order valence-corrected chi connectivity index (χ2v) is 9.25. The Kier molecular flexibility index (Phi) is 11.6. The molecule has 32 heavy (non-hydrogen) atoms. The number of allylic oxidation sites excluding steroid dienone is 3. The van der Waals surface area contributed by atoms with Gasteiger partial charge in [-0.3, -0.25) is 9.98 Å². The van der Waals surface area contributed by atoms with Crippen molar-refractivity contribution in [3.63, 3.8) is 0 Å². The number of rotatable bonds is 13. The van der Waals surface area contributed by atoms with Crippen molar-refractivity contribution in [3.8, 4) is 0 Å². The molecule has 0 saturated carbocycles. The van der Waals surface area contributed by atoms with Crippen LogP contribution in [0, 0.1) is 5.92 Å². The standard InChI is InChI=1S/C23H40FN7S/c1-7-12-32-22(16(3)8-2)23-27-14-19(20(25-5)11-9-10-17(4)24)21-13-18(15-31(21)23)28-30-29-26-6/h7,9,11-12,16-18,22,26,28-30H,8,10,13-15H2,1-6H3/b11-9-,12-7-,25-20+. The van der Waals surface area contributed by atoms with Crippen LogP contribution in [-0.2, 0) is 0 Å². The van der Waals surface area contributed by atoms with Crippen molar-refractivity contribution >= 4 is 23.3 Å². The van der Waals surface area contributed by atoms with Crippen LogP contribution in [0.25, 0.3) is 0 Å². The molecule has 4 unspecified atom stereocenters. The molecular weight excluding hydrogens is 425 g/mol. The molecule has 0 aromatic carbocycles. The molecule has 4 atom stereocenters. The number of hydrazine groups is 3. The summed E-state index contributed by atoms with van der Waals surface area (Å²) in [6.07, 6.45) is 7.39. The van der Waals surface area contributed by atoms with Crippen LogP contribution in [0.4, 0.5) is 4.39 Å². The Balaban J connectivity index is 2.36. The Morgan fingerprint density at radius 1 is 1.38 bits per heavy atom. The molecule has 0 aliphatic carbocycles. The SMILES string of the molecule is C/C=C\SC(C1=NCC(C(/C=C\CC(C)F)=N/C)=C2CC(NNNNC)CN12)C(C)CC. The van der Waals surface area contributed by atoms with Gasteiger partial charge in [0.05, 0.1) is 17.5 Å². The van der Waals surface area contributed by atoms with E-state index in [1.165, 1.54) is 5.70 Å². The molecule has 180 valence electrons. The lowest BCUT2D eigenvalue weighted by Crippen LogP contribution is -2.53. The van der Waals surface area contributed by atoms with Gasteiger partial charge >= 0.3 is 0 Å². The summed E-state index contributed by atoms with van der Waals surface area (Å²) in [5.74, 6) is 1.64. The quantitative estimate of drug-likeness (QED) is 0.189. The molecule has 2 aliphatic heterocycles. The summed E-state index contributed by atoms with van der Waals surface area (Å²) in [5, 5.41) is 2.46. The lowest BCUT2D eigenvalue weighted by atomic mass is 9.99. The van der Waals surface area contributed by atoms with Crippen LogP contribution in [0.1, 0.15) is 47.0 Å². The Morgan fingerprint density at radius 3 is 2.78 bits per heavy atom. The third-order valence-electron chi connectivity index (χ3n) is 5.72. The van der Waals surface area contributed by atoms with E-state index in [2.05, 4.69) is 64.1 Å². The molecule has 0 amide bonds. The number of aliphatic imine (C=N–C) groups is 2. The molecule has 1 fully saturated rings. The molecule has 7 nitrogen and oxygen atoms in total. The molecule has 0 aromatic heterocycles. The van der Waals surface area contributed by atoms with Crippen molar-refractivity contribution in [1.29, 1.82) is 0 Å².